The minimum atomic E-state index is -3.47. The minimum absolute atomic E-state index is 0.563. The molecule has 0 fully saturated rings. The molecule has 0 spiro atoms. The third-order valence-corrected chi connectivity index (χ3v) is 2.84. The highest BCUT2D eigenvalue weighted by Crippen LogP contribution is 2.21. The summed E-state index contributed by atoms with van der Waals surface area (Å²) in [5.74, 6) is -4.65. The van der Waals surface area contributed by atoms with Crippen molar-refractivity contribution in [1.29, 1.82) is 0 Å². The van der Waals surface area contributed by atoms with Crippen LogP contribution in [0.5, 0.6) is 0 Å². The van der Waals surface area contributed by atoms with Crippen molar-refractivity contribution in [2.45, 2.75) is 24.2 Å². The van der Waals surface area contributed by atoms with E-state index >= 15 is 0 Å². The average Bonchev–Trinajstić information content (AvgIpc) is 2.34. The Morgan fingerprint density at radius 1 is 1.11 bits per heavy atom. The summed E-state index contributed by atoms with van der Waals surface area (Å²) in [5.41, 5.74) is 0. The highest BCUT2D eigenvalue weighted by atomic mass is 31.1. The molecular formula is C8H14NO9P. The number of hydrogen-bond donors (Lipinski definition) is 6. The van der Waals surface area contributed by atoms with Crippen LogP contribution in [0.4, 0.5) is 0 Å². The Bertz CT molecular complexity index is 349. The van der Waals surface area contributed by atoms with Gasteiger partial charge in [0.05, 0.1) is 13.1 Å². The lowest BCUT2D eigenvalue weighted by atomic mass is 10.0. The maximum atomic E-state index is 11.3. The zero-order valence-electron chi connectivity index (χ0n) is 9.54. The molecule has 5 atom stereocenters. The fourth-order valence-corrected chi connectivity index (χ4v) is 1.50. The molecule has 110 valence electrons. The number of nitrogens with one attached hydrogen (secondary N) is 1. The van der Waals surface area contributed by atoms with Crippen LogP contribution in [-0.2, 0) is 14.2 Å². The van der Waals surface area contributed by atoms with Crippen molar-refractivity contribution < 1.29 is 44.6 Å². The Morgan fingerprint density at radius 2 is 1.63 bits per heavy atom. The van der Waals surface area contributed by atoms with Gasteiger partial charge in [0.1, 0.15) is 12.2 Å². The Hall–Kier alpha value is -1.00. The Labute approximate surface area is 108 Å². The predicted octanol–water partition coefficient (Wildman–Crippen LogP) is -4.27. The van der Waals surface area contributed by atoms with E-state index < -0.39 is 57.0 Å². The third-order valence-electron chi connectivity index (χ3n) is 2.10. The average molecular weight is 299 g/mol. The molecule has 0 aromatic carbocycles. The molecule has 0 aromatic heterocycles. The second kappa shape index (κ2) is 8.23. The van der Waals surface area contributed by atoms with Gasteiger partial charge in [-0.1, -0.05) is 4.57 Å². The van der Waals surface area contributed by atoms with Crippen LogP contribution in [0.25, 0.3) is 0 Å². The second-order valence-corrected chi connectivity index (χ2v) is 4.69. The lowest BCUT2D eigenvalue weighted by Gasteiger charge is -2.22. The van der Waals surface area contributed by atoms with Crippen molar-refractivity contribution in [3.05, 3.63) is 0 Å². The highest BCUT2D eigenvalue weighted by molar-refractivity contribution is 7.37. The number of carboxylic acid groups (broad SMARTS) is 1. The van der Waals surface area contributed by atoms with Crippen LogP contribution >= 0.6 is 8.03 Å². The number of ketones is 1. The summed E-state index contributed by atoms with van der Waals surface area (Å²) >= 11 is 0. The lowest BCUT2D eigenvalue weighted by Crippen LogP contribution is -2.49. The Kier molecular flexibility index (Phi) is 7.79. The van der Waals surface area contributed by atoms with Gasteiger partial charge in [0, 0.05) is 0 Å². The largest absolute Gasteiger partial charge is 0.593 e. The number of aliphatic hydroxyl groups excluding tert-OH is 4. The Morgan fingerprint density at radius 3 is 2.05 bits per heavy atom. The molecule has 0 radical (unpaired) electrons. The van der Waals surface area contributed by atoms with E-state index in [-0.39, 0.29) is 0 Å². The van der Waals surface area contributed by atoms with Gasteiger partial charge < -0.3 is 30.4 Å². The number of carboxylic acids is 1. The van der Waals surface area contributed by atoms with E-state index in [1.165, 1.54) is 0 Å². The molecule has 0 rings (SSSR count). The van der Waals surface area contributed by atoms with Crippen molar-refractivity contribution in [3.8, 4) is 0 Å². The van der Waals surface area contributed by atoms with Gasteiger partial charge >= 0.3 is 14.0 Å². The molecule has 0 aromatic rings. The quantitative estimate of drug-likeness (QED) is 0.227. The second-order valence-electron chi connectivity index (χ2n) is 3.59. The van der Waals surface area contributed by atoms with Crippen molar-refractivity contribution in [3.63, 3.8) is 0 Å². The van der Waals surface area contributed by atoms with Crippen LogP contribution in [0.15, 0.2) is 0 Å². The smallest absolute Gasteiger partial charge is 0.344 e. The summed E-state index contributed by atoms with van der Waals surface area (Å²) < 4.78 is 10.4. The van der Waals surface area contributed by atoms with E-state index in [1.54, 1.807) is 0 Å². The zero-order chi connectivity index (χ0) is 15.2. The molecule has 0 aliphatic rings. The molecule has 0 aliphatic carbocycles. The molecule has 0 heterocycles. The van der Waals surface area contributed by atoms with Crippen molar-refractivity contribution in [2.75, 3.05) is 13.1 Å². The van der Waals surface area contributed by atoms with Crippen LogP contribution in [-0.4, -0.2) is 74.5 Å². The molecule has 0 saturated heterocycles. The first-order valence-electron chi connectivity index (χ1n) is 4.99. The topological polar surface area (TPSA) is 187 Å². The monoisotopic (exact) mass is 299 g/mol. The van der Waals surface area contributed by atoms with Gasteiger partial charge in [-0.05, 0) is 0 Å². The number of carbonyl (C=O) groups is 2. The van der Waals surface area contributed by atoms with Gasteiger partial charge in [0.2, 0.25) is 0 Å². The zero-order valence-corrected chi connectivity index (χ0v) is 10.4. The first-order chi connectivity index (χ1) is 8.68. The van der Waals surface area contributed by atoms with E-state index in [4.69, 9.17) is 10.2 Å². The van der Waals surface area contributed by atoms with Gasteiger partial charge in [-0.2, -0.15) is 0 Å². The van der Waals surface area contributed by atoms with Crippen LogP contribution in [0.1, 0.15) is 0 Å². The SMILES string of the molecule is O=C(O)CNCC(=O)[C@@H](O)[C@H](O)[C@H](O)C(O)[P+](=O)[O-]. The first kappa shape index (κ1) is 18.0. The third kappa shape index (κ3) is 6.12. The number of aliphatic carboxylic acids is 1. The van der Waals surface area contributed by atoms with E-state index in [1.807, 2.05) is 0 Å². The molecule has 2 unspecified atom stereocenters. The van der Waals surface area contributed by atoms with Gasteiger partial charge in [0.15, 0.2) is 11.9 Å². The summed E-state index contributed by atoms with van der Waals surface area (Å²) in [6, 6.07) is 0. The molecule has 6 N–H and O–H groups in total. The fraction of sp³-hybridized carbons (Fsp3) is 0.750. The Balaban J connectivity index is 4.38. The van der Waals surface area contributed by atoms with Gasteiger partial charge in [0.25, 0.3) is 5.85 Å². The minimum Gasteiger partial charge on any atom is -0.593 e. The van der Waals surface area contributed by atoms with Gasteiger partial charge in [-0.15, -0.1) is 0 Å². The van der Waals surface area contributed by atoms with E-state index in [2.05, 4.69) is 5.32 Å². The van der Waals surface area contributed by atoms with Crippen molar-refractivity contribution in [1.82, 2.24) is 5.32 Å². The standard InChI is InChI=1S/C8H14NO9P/c10-3(1-9-2-4(11)12)5(13)6(14)7(15)8(16)19(17)18/h5-9,13-16H,1-2H2,(H,11,12)/t5-,6+,7+,8?/m1/s1. The normalized spacial score (nSPS) is 18.3. The van der Waals surface area contributed by atoms with Crippen molar-refractivity contribution >= 4 is 19.8 Å². The molecule has 19 heavy (non-hydrogen) atoms. The predicted molar refractivity (Wildman–Crippen MR) is 57.1 cm³/mol. The maximum Gasteiger partial charge on any atom is 0.344 e. The summed E-state index contributed by atoms with van der Waals surface area (Å²) in [6.45, 7) is -1.18. The highest BCUT2D eigenvalue weighted by Gasteiger charge is 2.39. The summed E-state index contributed by atoms with van der Waals surface area (Å²) in [7, 11) is -3.47. The summed E-state index contributed by atoms with van der Waals surface area (Å²) in [5, 5.41) is 47.1. The lowest BCUT2D eigenvalue weighted by molar-refractivity contribution is -0.181. The van der Waals surface area contributed by atoms with E-state index in [0.29, 0.717) is 0 Å². The number of rotatable bonds is 9. The number of aliphatic hydroxyl groups is 4. The van der Waals surface area contributed by atoms with Crippen LogP contribution in [0, 0.1) is 0 Å². The maximum absolute atomic E-state index is 11.3. The van der Waals surface area contributed by atoms with E-state index in [9.17, 15) is 34.4 Å². The van der Waals surface area contributed by atoms with Crippen LogP contribution in [0.3, 0.4) is 0 Å². The number of carbonyl (C=O) groups excluding carboxylic acids is 1. The van der Waals surface area contributed by atoms with Gasteiger partial charge in [-0.3, -0.25) is 14.9 Å². The van der Waals surface area contributed by atoms with Gasteiger partial charge in [-0.25, -0.2) is 0 Å². The molecule has 0 saturated carbocycles. The molecule has 0 bridgehead atoms. The molecule has 11 heteroatoms. The number of Topliss-reactive ketones (excluding diaryl/α,β-unsaturated/α-hetero) is 1. The fourth-order valence-electron chi connectivity index (χ4n) is 1.08. The summed E-state index contributed by atoms with van der Waals surface area (Å²) in [4.78, 5) is 31.7. The van der Waals surface area contributed by atoms with E-state index in [0.717, 1.165) is 0 Å². The number of hydrogen-bond acceptors (Lipinski definition) is 9. The molecule has 0 amide bonds. The first-order valence-corrected chi connectivity index (χ1v) is 6.24. The molecule has 10 nitrogen and oxygen atoms in total. The molecule has 0 aliphatic heterocycles. The van der Waals surface area contributed by atoms with Crippen LogP contribution in [0.2, 0.25) is 0 Å². The van der Waals surface area contributed by atoms with Crippen LogP contribution < -0.4 is 10.2 Å². The van der Waals surface area contributed by atoms with Crippen molar-refractivity contribution in [2.24, 2.45) is 0 Å². The molecular weight excluding hydrogens is 285 g/mol. The summed E-state index contributed by atoms with van der Waals surface area (Å²) in [6.07, 6.45) is -6.65.